The Labute approximate surface area is 109 Å². The Morgan fingerprint density at radius 1 is 1.16 bits per heavy atom. The molecule has 19 heavy (non-hydrogen) atoms. The minimum Gasteiger partial charge on any atom is -0.365 e. The van der Waals surface area contributed by atoms with Crippen LogP contribution in [-0.4, -0.2) is 15.0 Å². The number of halogens is 1. The average molecular weight is 254 g/mol. The largest absolute Gasteiger partial charge is 0.365 e. The summed E-state index contributed by atoms with van der Waals surface area (Å²) < 4.78 is 13.3. The van der Waals surface area contributed by atoms with Crippen molar-refractivity contribution in [3.63, 3.8) is 0 Å². The van der Waals surface area contributed by atoms with Gasteiger partial charge in [0.2, 0.25) is 0 Å². The lowest BCUT2D eigenvalue weighted by Crippen LogP contribution is -2.02. The molecule has 1 aromatic carbocycles. The molecule has 0 amide bonds. The van der Waals surface area contributed by atoms with Crippen LogP contribution in [0.4, 0.5) is 10.2 Å². The van der Waals surface area contributed by atoms with Gasteiger partial charge >= 0.3 is 0 Å². The van der Waals surface area contributed by atoms with Gasteiger partial charge in [-0.15, -0.1) is 0 Å². The van der Waals surface area contributed by atoms with Crippen molar-refractivity contribution in [2.45, 2.75) is 6.54 Å². The van der Waals surface area contributed by atoms with E-state index in [1.165, 1.54) is 18.5 Å². The first-order chi connectivity index (χ1) is 9.33. The van der Waals surface area contributed by atoms with Gasteiger partial charge in [-0.1, -0.05) is 6.07 Å². The Morgan fingerprint density at radius 3 is 2.95 bits per heavy atom. The van der Waals surface area contributed by atoms with Gasteiger partial charge < -0.3 is 5.32 Å². The zero-order chi connectivity index (χ0) is 13.1. The molecule has 2 aromatic heterocycles. The lowest BCUT2D eigenvalue weighted by molar-refractivity contribution is 0.629. The third-order valence-corrected chi connectivity index (χ3v) is 2.78. The summed E-state index contributed by atoms with van der Waals surface area (Å²) in [5.74, 6) is 0.320. The maximum atomic E-state index is 13.3. The molecule has 1 N–H and O–H groups in total. The van der Waals surface area contributed by atoms with Crippen molar-refractivity contribution < 1.29 is 4.39 Å². The lowest BCUT2D eigenvalue weighted by atomic mass is 10.2. The third kappa shape index (κ3) is 2.49. The fourth-order valence-electron chi connectivity index (χ4n) is 1.86. The van der Waals surface area contributed by atoms with E-state index in [2.05, 4.69) is 20.3 Å². The SMILES string of the molecule is Fc1ccc2ncnc(NCc3cccnc3)c2c1. The van der Waals surface area contributed by atoms with E-state index in [1.54, 1.807) is 18.5 Å². The number of aromatic nitrogens is 3. The smallest absolute Gasteiger partial charge is 0.137 e. The summed E-state index contributed by atoms with van der Waals surface area (Å²) in [6, 6.07) is 8.29. The number of pyridine rings is 1. The predicted molar refractivity (Wildman–Crippen MR) is 71.1 cm³/mol. The molecule has 0 spiro atoms. The van der Waals surface area contributed by atoms with E-state index >= 15 is 0 Å². The highest BCUT2D eigenvalue weighted by Gasteiger charge is 2.04. The molecule has 0 aliphatic rings. The van der Waals surface area contributed by atoms with E-state index in [0.29, 0.717) is 23.3 Å². The fraction of sp³-hybridized carbons (Fsp3) is 0.0714. The van der Waals surface area contributed by atoms with Crippen molar-refractivity contribution in [1.82, 2.24) is 15.0 Å². The van der Waals surface area contributed by atoms with Crippen molar-refractivity contribution >= 4 is 16.7 Å². The normalized spacial score (nSPS) is 10.6. The zero-order valence-electron chi connectivity index (χ0n) is 10.0. The number of nitrogens with zero attached hydrogens (tertiary/aromatic N) is 3. The van der Waals surface area contributed by atoms with Crippen LogP contribution in [0.15, 0.2) is 49.1 Å². The highest BCUT2D eigenvalue weighted by Crippen LogP contribution is 2.20. The van der Waals surface area contributed by atoms with Gasteiger partial charge in [0.1, 0.15) is 18.0 Å². The molecule has 94 valence electrons. The molecule has 0 aliphatic heterocycles. The van der Waals surface area contributed by atoms with Gasteiger partial charge in [0.15, 0.2) is 0 Å². The van der Waals surface area contributed by atoms with E-state index in [9.17, 15) is 4.39 Å². The lowest BCUT2D eigenvalue weighted by Gasteiger charge is -2.08. The molecule has 3 aromatic rings. The summed E-state index contributed by atoms with van der Waals surface area (Å²) in [6.45, 7) is 0.580. The number of fused-ring (bicyclic) bond motifs is 1. The van der Waals surface area contributed by atoms with Crippen molar-refractivity contribution in [3.8, 4) is 0 Å². The number of rotatable bonds is 3. The second-order valence-electron chi connectivity index (χ2n) is 4.10. The molecule has 4 nitrogen and oxygen atoms in total. The molecule has 0 radical (unpaired) electrons. The van der Waals surface area contributed by atoms with Gasteiger partial charge in [-0.25, -0.2) is 14.4 Å². The van der Waals surface area contributed by atoms with Gasteiger partial charge in [-0.05, 0) is 29.8 Å². The molecule has 2 heterocycles. The van der Waals surface area contributed by atoms with E-state index in [4.69, 9.17) is 0 Å². The first kappa shape index (κ1) is 11.5. The molecule has 0 bridgehead atoms. The Kier molecular flexibility index (Phi) is 3.02. The van der Waals surface area contributed by atoms with Gasteiger partial charge in [-0.2, -0.15) is 0 Å². The monoisotopic (exact) mass is 254 g/mol. The summed E-state index contributed by atoms with van der Waals surface area (Å²) in [6.07, 6.45) is 4.96. The minimum atomic E-state index is -0.299. The van der Waals surface area contributed by atoms with Gasteiger partial charge in [0.05, 0.1) is 5.52 Å². The van der Waals surface area contributed by atoms with Gasteiger partial charge in [-0.3, -0.25) is 4.98 Å². The number of benzene rings is 1. The molecule has 0 atom stereocenters. The number of anilines is 1. The Bertz CT molecular complexity index is 700. The fourth-order valence-corrected chi connectivity index (χ4v) is 1.86. The van der Waals surface area contributed by atoms with Crippen LogP contribution in [0.1, 0.15) is 5.56 Å². The van der Waals surface area contributed by atoms with Crippen LogP contribution in [0.3, 0.4) is 0 Å². The quantitative estimate of drug-likeness (QED) is 0.780. The van der Waals surface area contributed by atoms with E-state index < -0.39 is 0 Å². The van der Waals surface area contributed by atoms with Crippen molar-refractivity contribution in [2.24, 2.45) is 0 Å². The molecule has 0 unspecified atom stereocenters. The maximum absolute atomic E-state index is 13.3. The van der Waals surface area contributed by atoms with Gasteiger partial charge in [0.25, 0.3) is 0 Å². The number of hydrogen-bond acceptors (Lipinski definition) is 4. The summed E-state index contributed by atoms with van der Waals surface area (Å²) in [5.41, 5.74) is 1.75. The Morgan fingerprint density at radius 2 is 2.11 bits per heavy atom. The summed E-state index contributed by atoms with van der Waals surface area (Å²) >= 11 is 0. The first-order valence-electron chi connectivity index (χ1n) is 5.86. The van der Waals surface area contributed by atoms with Crippen molar-refractivity contribution in [1.29, 1.82) is 0 Å². The molecule has 5 heteroatoms. The standard InChI is InChI=1S/C14H11FN4/c15-11-3-4-13-12(6-11)14(19-9-18-13)17-8-10-2-1-5-16-7-10/h1-7,9H,8H2,(H,17,18,19). The highest BCUT2D eigenvalue weighted by atomic mass is 19.1. The zero-order valence-corrected chi connectivity index (χ0v) is 10.0. The average Bonchev–Trinajstić information content (AvgIpc) is 2.46. The second kappa shape index (κ2) is 4.97. The van der Waals surface area contributed by atoms with Crippen LogP contribution in [-0.2, 0) is 6.54 Å². The number of hydrogen-bond donors (Lipinski definition) is 1. The predicted octanol–water partition coefficient (Wildman–Crippen LogP) is 2.78. The van der Waals surface area contributed by atoms with Crippen LogP contribution in [0.5, 0.6) is 0 Å². The molecular formula is C14H11FN4. The molecule has 0 fully saturated rings. The Balaban J connectivity index is 1.90. The number of nitrogens with one attached hydrogen (secondary N) is 1. The second-order valence-corrected chi connectivity index (χ2v) is 4.10. The van der Waals surface area contributed by atoms with E-state index in [-0.39, 0.29) is 5.82 Å². The summed E-state index contributed by atoms with van der Waals surface area (Å²) in [4.78, 5) is 12.3. The van der Waals surface area contributed by atoms with E-state index in [0.717, 1.165) is 5.56 Å². The first-order valence-corrected chi connectivity index (χ1v) is 5.86. The molecule has 0 aliphatic carbocycles. The van der Waals surface area contributed by atoms with Gasteiger partial charge in [0, 0.05) is 24.3 Å². The van der Waals surface area contributed by atoms with Crippen LogP contribution >= 0.6 is 0 Å². The third-order valence-electron chi connectivity index (χ3n) is 2.78. The minimum absolute atomic E-state index is 0.299. The molecule has 0 saturated carbocycles. The molecule has 3 rings (SSSR count). The Hall–Kier alpha value is -2.56. The van der Waals surface area contributed by atoms with Crippen LogP contribution in [0.25, 0.3) is 10.9 Å². The van der Waals surface area contributed by atoms with Crippen molar-refractivity contribution in [2.75, 3.05) is 5.32 Å². The van der Waals surface area contributed by atoms with Crippen LogP contribution < -0.4 is 5.32 Å². The summed E-state index contributed by atoms with van der Waals surface area (Å²) in [5, 5.41) is 3.85. The maximum Gasteiger partial charge on any atom is 0.137 e. The highest BCUT2D eigenvalue weighted by molar-refractivity contribution is 5.88. The molecule has 0 saturated heterocycles. The topological polar surface area (TPSA) is 50.7 Å². The molecular weight excluding hydrogens is 243 g/mol. The van der Waals surface area contributed by atoms with E-state index in [1.807, 2.05) is 12.1 Å². The summed E-state index contributed by atoms with van der Waals surface area (Å²) in [7, 11) is 0. The van der Waals surface area contributed by atoms with Crippen molar-refractivity contribution in [3.05, 3.63) is 60.4 Å². The van der Waals surface area contributed by atoms with Crippen LogP contribution in [0, 0.1) is 5.82 Å². The van der Waals surface area contributed by atoms with Crippen LogP contribution in [0.2, 0.25) is 0 Å².